The summed E-state index contributed by atoms with van der Waals surface area (Å²) in [5.41, 5.74) is -1.34. The normalized spacial score (nSPS) is 29.1. The molecule has 84 valence electrons. The van der Waals surface area contributed by atoms with Gasteiger partial charge in [0, 0.05) is 0 Å². The van der Waals surface area contributed by atoms with Crippen LogP contribution in [0.5, 0.6) is 0 Å². The van der Waals surface area contributed by atoms with Crippen LogP contribution >= 0.6 is 0 Å². The van der Waals surface area contributed by atoms with Crippen molar-refractivity contribution in [2.24, 2.45) is 5.92 Å². The number of aliphatic hydroxyl groups excluding tert-OH is 3. The first-order valence-corrected chi connectivity index (χ1v) is 5.22. The first-order chi connectivity index (χ1) is 6.59. The van der Waals surface area contributed by atoms with Gasteiger partial charge in [-0.25, -0.2) is 0 Å². The molecular weight excluding hydrogens is 184 g/mol. The quantitative estimate of drug-likeness (QED) is 0.504. The van der Waals surface area contributed by atoms with Crippen LogP contribution in [0.3, 0.4) is 0 Å². The Balaban J connectivity index is 2.36. The van der Waals surface area contributed by atoms with Gasteiger partial charge in [0.05, 0.1) is 19.3 Å². The highest BCUT2D eigenvalue weighted by molar-refractivity contribution is 4.83. The van der Waals surface area contributed by atoms with Crippen molar-refractivity contribution in [2.45, 2.75) is 43.8 Å². The molecule has 0 saturated heterocycles. The Bertz CT molecular complexity index is 160. The first kappa shape index (κ1) is 11.9. The van der Waals surface area contributed by atoms with Crippen LogP contribution in [-0.4, -0.2) is 45.3 Å². The molecule has 1 saturated carbocycles. The zero-order chi connectivity index (χ0) is 10.6. The highest BCUT2D eigenvalue weighted by Crippen LogP contribution is 2.30. The van der Waals surface area contributed by atoms with Crippen molar-refractivity contribution < 1.29 is 20.4 Å². The third-order valence-corrected chi connectivity index (χ3v) is 3.07. The molecule has 4 nitrogen and oxygen atoms in total. The summed E-state index contributed by atoms with van der Waals surface area (Å²) < 4.78 is 0. The molecule has 0 amide bonds. The van der Waals surface area contributed by atoms with Gasteiger partial charge in [-0.05, 0) is 38.0 Å². The van der Waals surface area contributed by atoms with Gasteiger partial charge in [-0.15, -0.1) is 0 Å². The van der Waals surface area contributed by atoms with Crippen molar-refractivity contribution >= 4 is 0 Å². The topological polar surface area (TPSA) is 80.9 Å². The minimum Gasteiger partial charge on any atom is -0.393 e. The zero-order valence-electron chi connectivity index (χ0n) is 8.39. The lowest BCUT2D eigenvalue weighted by Crippen LogP contribution is -2.40. The number of hydrogen-bond donors (Lipinski definition) is 4. The Hall–Kier alpha value is -0.160. The van der Waals surface area contributed by atoms with E-state index in [0.717, 1.165) is 25.7 Å². The van der Waals surface area contributed by atoms with E-state index < -0.39 is 18.8 Å². The van der Waals surface area contributed by atoms with E-state index in [2.05, 4.69) is 0 Å². The molecule has 14 heavy (non-hydrogen) atoms. The van der Waals surface area contributed by atoms with Crippen molar-refractivity contribution in [3.8, 4) is 0 Å². The summed E-state index contributed by atoms with van der Waals surface area (Å²) in [6.45, 7) is -0.800. The van der Waals surface area contributed by atoms with E-state index in [1.54, 1.807) is 0 Å². The van der Waals surface area contributed by atoms with Crippen LogP contribution in [0.4, 0.5) is 0 Å². The molecule has 0 aromatic carbocycles. The standard InChI is InChI=1S/C10H20O4/c11-6-10(14,7-12)5-8-1-3-9(13)4-2-8/h8-9,11-14H,1-7H2. The second-order valence-electron chi connectivity index (χ2n) is 4.42. The van der Waals surface area contributed by atoms with Crippen molar-refractivity contribution in [1.29, 1.82) is 0 Å². The van der Waals surface area contributed by atoms with Crippen LogP contribution in [0.1, 0.15) is 32.1 Å². The molecule has 0 aromatic heterocycles. The summed E-state index contributed by atoms with van der Waals surface area (Å²) in [5, 5.41) is 36.8. The Morgan fingerprint density at radius 3 is 1.93 bits per heavy atom. The molecule has 4 N–H and O–H groups in total. The van der Waals surface area contributed by atoms with Gasteiger partial charge >= 0.3 is 0 Å². The van der Waals surface area contributed by atoms with Gasteiger partial charge in [-0.1, -0.05) is 0 Å². The van der Waals surface area contributed by atoms with Crippen LogP contribution in [0.15, 0.2) is 0 Å². The van der Waals surface area contributed by atoms with E-state index in [4.69, 9.17) is 10.2 Å². The summed E-state index contributed by atoms with van der Waals surface area (Å²) in [4.78, 5) is 0. The molecule has 0 atom stereocenters. The molecule has 0 bridgehead atoms. The van der Waals surface area contributed by atoms with Gasteiger partial charge in [-0.3, -0.25) is 0 Å². The van der Waals surface area contributed by atoms with Gasteiger partial charge in [0.1, 0.15) is 5.60 Å². The smallest absolute Gasteiger partial charge is 0.111 e. The molecule has 1 aliphatic carbocycles. The molecule has 0 radical (unpaired) electrons. The highest BCUT2D eigenvalue weighted by Gasteiger charge is 2.31. The molecule has 0 heterocycles. The first-order valence-electron chi connectivity index (χ1n) is 5.22. The van der Waals surface area contributed by atoms with Crippen LogP contribution in [0.2, 0.25) is 0 Å². The number of rotatable bonds is 4. The van der Waals surface area contributed by atoms with Crippen LogP contribution in [0.25, 0.3) is 0 Å². The maximum absolute atomic E-state index is 9.68. The molecule has 1 fully saturated rings. The fraction of sp³-hybridized carbons (Fsp3) is 1.00. The van der Waals surface area contributed by atoms with Gasteiger partial charge in [0.2, 0.25) is 0 Å². The van der Waals surface area contributed by atoms with Crippen LogP contribution < -0.4 is 0 Å². The molecule has 0 aromatic rings. The Labute approximate surface area is 84.2 Å². The van der Waals surface area contributed by atoms with E-state index >= 15 is 0 Å². The Morgan fingerprint density at radius 2 is 1.50 bits per heavy atom. The van der Waals surface area contributed by atoms with Gasteiger partial charge < -0.3 is 20.4 Å². The molecular formula is C10H20O4. The Morgan fingerprint density at radius 1 is 1.00 bits per heavy atom. The maximum atomic E-state index is 9.68. The average molecular weight is 204 g/mol. The highest BCUT2D eigenvalue weighted by atomic mass is 16.4. The summed E-state index contributed by atoms with van der Waals surface area (Å²) in [6, 6.07) is 0. The zero-order valence-corrected chi connectivity index (χ0v) is 8.39. The predicted molar refractivity (Wildman–Crippen MR) is 51.7 cm³/mol. The molecule has 4 heteroatoms. The fourth-order valence-electron chi connectivity index (χ4n) is 2.07. The SMILES string of the molecule is OCC(O)(CO)CC1CCC(O)CC1. The number of hydrogen-bond acceptors (Lipinski definition) is 4. The van der Waals surface area contributed by atoms with E-state index in [9.17, 15) is 10.2 Å². The van der Waals surface area contributed by atoms with Gasteiger partial charge in [-0.2, -0.15) is 0 Å². The van der Waals surface area contributed by atoms with E-state index in [-0.39, 0.29) is 6.10 Å². The second kappa shape index (κ2) is 5.07. The van der Waals surface area contributed by atoms with Crippen LogP contribution in [0, 0.1) is 5.92 Å². The van der Waals surface area contributed by atoms with Gasteiger partial charge in [0.25, 0.3) is 0 Å². The van der Waals surface area contributed by atoms with E-state index in [1.807, 2.05) is 0 Å². The lowest BCUT2D eigenvalue weighted by Gasteiger charge is -2.32. The second-order valence-corrected chi connectivity index (χ2v) is 4.42. The molecule has 0 aliphatic heterocycles. The number of aliphatic hydroxyl groups is 4. The van der Waals surface area contributed by atoms with Crippen molar-refractivity contribution in [1.82, 2.24) is 0 Å². The summed E-state index contributed by atoms with van der Waals surface area (Å²) in [7, 11) is 0. The fourth-order valence-corrected chi connectivity index (χ4v) is 2.07. The summed E-state index contributed by atoms with van der Waals surface area (Å²) >= 11 is 0. The molecule has 0 spiro atoms. The van der Waals surface area contributed by atoms with E-state index in [0.29, 0.717) is 12.3 Å². The van der Waals surface area contributed by atoms with Crippen molar-refractivity contribution in [3.05, 3.63) is 0 Å². The average Bonchev–Trinajstić information content (AvgIpc) is 2.21. The minimum atomic E-state index is -1.34. The van der Waals surface area contributed by atoms with Crippen molar-refractivity contribution in [2.75, 3.05) is 13.2 Å². The lowest BCUT2D eigenvalue weighted by atomic mass is 9.80. The third kappa shape index (κ3) is 3.20. The summed E-state index contributed by atoms with van der Waals surface area (Å²) in [6.07, 6.45) is 3.47. The molecule has 1 rings (SSSR count). The predicted octanol–water partition coefficient (Wildman–Crippen LogP) is -0.357. The van der Waals surface area contributed by atoms with Crippen LogP contribution in [-0.2, 0) is 0 Å². The Kier molecular flexibility index (Phi) is 4.31. The van der Waals surface area contributed by atoms with E-state index in [1.165, 1.54) is 0 Å². The largest absolute Gasteiger partial charge is 0.393 e. The monoisotopic (exact) mass is 204 g/mol. The molecule has 0 unspecified atom stereocenters. The van der Waals surface area contributed by atoms with Gasteiger partial charge in [0.15, 0.2) is 0 Å². The third-order valence-electron chi connectivity index (χ3n) is 3.07. The summed E-state index contributed by atoms with van der Waals surface area (Å²) in [5.74, 6) is 0.308. The minimum absolute atomic E-state index is 0.206. The van der Waals surface area contributed by atoms with Crippen molar-refractivity contribution in [3.63, 3.8) is 0 Å². The molecule has 1 aliphatic rings. The lowest BCUT2D eigenvalue weighted by molar-refractivity contribution is -0.0751. The maximum Gasteiger partial charge on any atom is 0.111 e.